The third-order valence-corrected chi connectivity index (χ3v) is 4.97. The van der Waals surface area contributed by atoms with Gasteiger partial charge in [0.05, 0.1) is 5.92 Å². The molecule has 1 aromatic carbocycles. The number of nitrogens with zero attached hydrogens (tertiary/aromatic N) is 2. The molecule has 2 fully saturated rings. The van der Waals surface area contributed by atoms with E-state index in [-0.39, 0.29) is 36.0 Å². The minimum absolute atomic E-state index is 0.000188. The van der Waals surface area contributed by atoms with E-state index >= 15 is 0 Å². The highest BCUT2D eigenvalue weighted by molar-refractivity contribution is 6.00. The van der Waals surface area contributed by atoms with Crippen LogP contribution in [0.1, 0.15) is 19.3 Å². The molecule has 3 rings (SSSR count). The molecule has 6 heteroatoms. The largest absolute Gasteiger partial charge is 0.359 e. The molecule has 2 aliphatic heterocycles. The molecule has 0 aromatic heterocycles. The maximum Gasteiger partial charge on any atom is 0.228 e. The Morgan fingerprint density at radius 1 is 1.08 bits per heavy atom. The number of hydrogen-bond donors (Lipinski definition) is 1. The van der Waals surface area contributed by atoms with Crippen molar-refractivity contribution < 1.29 is 14.4 Å². The minimum atomic E-state index is -0.283. The van der Waals surface area contributed by atoms with E-state index in [1.807, 2.05) is 35.2 Å². The number of benzene rings is 1. The van der Waals surface area contributed by atoms with Crippen molar-refractivity contribution in [2.75, 3.05) is 31.6 Å². The summed E-state index contributed by atoms with van der Waals surface area (Å²) in [5, 5.41) is 2.67. The Labute approximate surface area is 141 Å². The Bertz CT molecular complexity index is 624. The van der Waals surface area contributed by atoms with E-state index in [2.05, 4.69) is 5.32 Å². The van der Waals surface area contributed by atoms with Gasteiger partial charge in [0.2, 0.25) is 17.7 Å². The Morgan fingerprint density at radius 3 is 2.38 bits per heavy atom. The molecule has 0 bridgehead atoms. The predicted octanol–water partition coefficient (Wildman–Crippen LogP) is 1.02. The maximum absolute atomic E-state index is 12.7. The number of carbonyl (C=O) groups excluding carboxylic acids is 3. The third kappa shape index (κ3) is 3.27. The summed E-state index contributed by atoms with van der Waals surface area (Å²) in [6.45, 7) is 1.62. The first-order valence-corrected chi connectivity index (χ1v) is 8.46. The van der Waals surface area contributed by atoms with E-state index in [4.69, 9.17) is 0 Å². The number of para-hydroxylation sites is 1. The molecule has 0 saturated carbocycles. The van der Waals surface area contributed by atoms with Gasteiger partial charge in [-0.05, 0) is 25.0 Å². The van der Waals surface area contributed by atoms with Gasteiger partial charge in [0.1, 0.15) is 0 Å². The van der Waals surface area contributed by atoms with Crippen molar-refractivity contribution in [3.05, 3.63) is 30.3 Å². The first kappa shape index (κ1) is 16.5. The fourth-order valence-electron chi connectivity index (χ4n) is 3.55. The van der Waals surface area contributed by atoms with Crippen molar-refractivity contribution in [2.24, 2.45) is 11.8 Å². The van der Waals surface area contributed by atoms with Crippen molar-refractivity contribution in [3.8, 4) is 0 Å². The number of piperidine rings is 1. The van der Waals surface area contributed by atoms with Gasteiger partial charge < -0.3 is 15.1 Å². The van der Waals surface area contributed by atoms with E-state index < -0.39 is 0 Å². The Hall–Kier alpha value is -2.37. The summed E-state index contributed by atoms with van der Waals surface area (Å²) >= 11 is 0. The zero-order valence-corrected chi connectivity index (χ0v) is 13.9. The van der Waals surface area contributed by atoms with Crippen LogP contribution >= 0.6 is 0 Å². The van der Waals surface area contributed by atoms with Crippen LogP contribution < -0.4 is 10.2 Å². The fraction of sp³-hybridized carbons (Fsp3) is 0.500. The van der Waals surface area contributed by atoms with Crippen LogP contribution in [0.25, 0.3) is 0 Å². The van der Waals surface area contributed by atoms with Crippen molar-refractivity contribution in [3.63, 3.8) is 0 Å². The quantitative estimate of drug-likeness (QED) is 0.900. The van der Waals surface area contributed by atoms with Crippen molar-refractivity contribution in [2.45, 2.75) is 19.3 Å². The topological polar surface area (TPSA) is 69.7 Å². The monoisotopic (exact) mass is 329 g/mol. The zero-order chi connectivity index (χ0) is 17.1. The van der Waals surface area contributed by atoms with Gasteiger partial charge in [-0.15, -0.1) is 0 Å². The summed E-state index contributed by atoms with van der Waals surface area (Å²) in [6, 6.07) is 9.46. The summed E-state index contributed by atoms with van der Waals surface area (Å²) in [6.07, 6.45) is 1.64. The molecule has 1 aromatic rings. The van der Waals surface area contributed by atoms with Crippen molar-refractivity contribution in [1.29, 1.82) is 0 Å². The molecule has 6 nitrogen and oxygen atoms in total. The molecule has 24 heavy (non-hydrogen) atoms. The number of nitrogens with one attached hydrogen (secondary N) is 1. The lowest BCUT2D eigenvalue weighted by molar-refractivity contribution is -0.139. The van der Waals surface area contributed by atoms with Crippen LogP contribution in [0.4, 0.5) is 5.69 Å². The number of hydrogen-bond acceptors (Lipinski definition) is 3. The first-order chi connectivity index (χ1) is 11.6. The van der Waals surface area contributed by atoms with Gasteiger partial charge in [0.15, 0.2) is 0 Å². The van der Waals surface area contributed by atoms with Crippen LogP contribution in [-0.2, 0) is 14.4 Å². The Morgan fingerprint density at radius 2 is 1.75 bits per heavy atom. The van der Waals surface area contributed by atoms with E-state index in [0.717, 1.165) is 5.69 Å². The molecule has 0 radical (unpaired) electrons. The van der Waals surface area contributed by atoms with E-state index in [9.17, 15) is 14.4 Å². The SMILES string of the molecule is CNC(=O)C1CCN(C(=O)C2CC(=O)N(c3ccccc3)C2)CC1. The number of anilines is 1. The lowest BCUT2D eigenvalue weighted by Crippen LogP contribution is -2.45. The maximum atomic E-state index is 12.7. The summed E-state index contributed by atoms with van der Waals surface area (Å²) in [5.41, 5.74) is 0.844. The zero-order valence-electron chi connectivity index (χ0n) is 13.9. The summed E-state index contributed by atoms with van der Waals surface area (Å²) < 4.78 is 0. The minimum Gasteiger partial charge on any atom is -0.359 e. The molecular weight excluding hydrogens is 306 g/mol. The summed E-state index contributed by atoms with van der Waals surface area (Å²) in [4.78, 5) is 40.2. The van der Waals surface area contributed by atoms with Crippen LogP contribution in [0, 0.1) is 11.8 Å². The lowest BCUT2D eigenvalue weighted by atomic mass is 9.94. The van der Waals surface area contributed by atoms with E-state index in [0.29, 0.717) is 32.5 Å². The normalized spacial score (nSPS) is 21.9. The molecule has 1 unspecified atom stereocenters. The van der Waals surface area contributed by atoms with Gasteiger partial charge >= 0.3 is 0 Å². The number of rotatable bonds is 3. The first-order valence-electron chi connectivity index (χ1n) is 8.46. The number of likely N-dealkylation sites (tertiary alicyclic amines) is 1. The second-order valence-corrected chi connectivity index (χ2v) is 6.45. The highest BCUT2D eigenvalue weighted by Gasteiger charge is 2.38. The van der Waals surface area contributed by atoms with Crippen LogP contribution in [0.15, 0.2) is 30.3 Å². The van der Waals surface area contributed by atoms with E-state index in [1.54, 1.807) is 11.9 Å². The molecule has 0 spiro atoms. The Balaban J connectivity index is 1.59. The Kier molecular flexibility index (Phi) is 4.83. The molecule has 3 amide bonds. The van der Waals surface area contributed by atoms with Gasteiger partial charge in [0, 0.05) is 44.7 Å². The highest BCUT2D eigenvalue weighted by atomic mass is 16.2. The van der Waals surface area contributed by atoms with Gasteiger partial charge in [-0.25, -0.2) is 0 Å². The molecular formula is C18H23N3O3. The van der Waals surface area contributed by atoms with Crippen LogP contribution in [0.5, 0.6) is 0 Å². The van der Waals surface area contributed by atoms with Gasteiger partial charge in [-0.2, -0.15) is 0 Å². The lowest BCUT2D eigenvalue weighted by Gasteiger charge is -2.32. The standard InChI is InChI=1S/C18H23N3O3/c1-19-17(23)13-7-9-20(10-8-13)18(24)14-11-16(22)21(12-14)15-5-3-2-4-6-15/h2-6,13-14H,7-12H2,1H3,(H,19,23). The number of amides is 3. The van der Waals surface area contributed by atoms with Crippen LogP contribution in [0.2, 0.25) is 0 Å². The van der Waals surface area contributed by atoms with Crippen molar-refractivity contribution in [1.82, 2.24) is 10.2 Å². The molecule has 0 aliphatic carbocycles. The molecule has 1 N–H and O–H groups in total. The smallest absolute Gasteiger partial charge is 0.228 e. The average Bonchev–Trinajstić information content (AvgIpc) is 3.03. The second-order valence-electron chi connectivity index (χ2n) is 6.45. The average molecular weight is 329 g/mol. The van der Waals surface area contributed by atoms with Crippen molar-refractivity contribution >= 4 is 23.4 Å². The molecule has 2 aliphatic rings. The van der Waals surface area contributed by atoms with Crippen LogP contribution in [-0.4, -0.2) is 49.3 Å². The van der Waals surface area contributed by atoms with Gasteiger partial charge in [0.25, 0.3) is 0 Å². The van der Waals surface area contributed by atoms with Gasteiger partial charge in [-0.1, -0.05) is 18.2 Å². The highest BCUT2D eigenvalue weighted by Crippen LogP contribution is 2.27. The van der Waals surface area contributed by atoms with Gasteiger partial charge in [-0.3, -0.25) is 14.4 Å². The number of carbonyl (C=O) groups is 3. The second kappa shape index (κ2) is 7.03. The van der Waals surface area contributed by atoms with E-state index in [1.165, 1.54) is 0 Å². The molecule has 2 saturated heterocycles. The van der Waals surface area contributed by atoms with Crippen LogP contribution in [0.3, 0.4) is 0 Å². The fourth-order valence-corrected chi connectivity index (χ4v) is 3.55. The summed E-state index contributed by atoms with van der Waals surface area (Å²) in [5.74, 6) is -0.204. The molecule has 128 valence electrons. The molecule has 1 atom stereocenters. The third-order valence-electron chi connectivity index (χ3n) is 4.97. The predicted molar refractivity (Wildman–Crippen MR) is 90.3 cm³/mol. The summed E-state index contributed by atoms with van der Waals surface area (Å²) in [7, 11) is 1.64. The molecule has 2 heterocycles.